The Kier molecular flexibility index (Phi) is 6.73. The number of alkyl halides is 3. The lowest BCUT2D eigenvalue weighted by molar-refractivity contribution is -0.156. The number of aliphatic hydroxyl groups excluding tert-OH is 1. The molecule has 1 aliphatic heterocycles. The molecule has 0 radical (unpaired) electrons. The number of hydrogen-bond donors (Lipinski definition) is 2. The summed E-state index contributed by atoms with van der Waals surface area (Å²) in [5.41, 5.74) is 7.42. The van der Waals surface area contributed by atoms with Gasteiger partial charge in [0.25, 0.3) is 0 Å². The van der Waals surface area contributed by atoms with Crippen LogP contribution in [-0.2, 0) is 15.7 Å². The summed E-state index contributed by atoms with van der Waals surface area (Å²) in [5.74, 6) is 0.146. The Bertz CT molecular complexity index is 1500. The molecule has 1 aliphatic rings. The van der Waals surface area contributed by atoms with E-state index in [0.717, 1.165) is 12.1 Å². The normalized spacial score (nSPS) is 18.1. The van der Waals surface area contributed by atoms with Gasteiger partial charge < -0.3 is 15.6 Å². The number of carbonyl (C=O) groups excluding carboxylic acids is 1. The highest BCUT2D eigenvalue weighted by atomic mass is 19.4. The maximum absolute atomic E-state index is 13.7. The largest absolute Gasteiger partial charge is 0.458 e. The van der Waals surface area contributed by atoms with Crippen molar-refractivity contribution in [2.24, 2.45) is 0 Å². The maximum Gasteiger partial charge on any atom is 0.416 e. The first-order valence-electron chi connectivity index (χ1n) is 11.8. The molecule has 0 aliphatic carbocycles. The molecule has 3 N–H and O–H groups in total. The van der Waals surface area contributed by atoms with Gasteiger partial charge in [-0.3, -0.25) is 9.36 Å². The molecule has 1 saturated heterocycles. The van der Waals surface area contributed by atoms with E-state index in [9.17, 15) is 23.1 Å². The molecule has 1 fully saturated rings. The van der Waals surface area contributed by atoms with Gasteiger partial charge in [-0.25, -0.2) is 9.97 Å². The van der Waals surface area contributed by atoms with E-state index >= 15 is 0 Å². The number of aliphatic hydroxyl groups is 1. The van der Waals surface area contributed by atoms with E-state index in [-0.39, 0.29) is 24.2 Å². The standard InChI is InChI=1S/C28H23F3N4O3/c29-28(30,31)20-8-4-7-19(13-20)26-25(18-9-11-33-23(32)14-18)34-27(17-5-2-1-3-6-17)35(26)12-10-22-15-21(36)16-24(37)38-22/h1-14,21-22,36H,15-16H2,(H2,32,33)/t21-,22-/m1/s1. The average Bonchev–Trinajstić information content (AvgIpc) is 3.27. The Morgan fingerprint density at radius 3 is 2.50 bits per heavy atom. The number of nitrogen functional groups attached to an aromatic ring is 1. The Hall–Kier alpha value is -4.44. The summed E-state index contributed by atoms with van der Waals surface area (Å²) in [6, 6.07) is 17.4. The van der Waals surface area contributed by atoms with E-state index in [0.29, 0.717) is 28.3 Å². The summed E-state index contributed by atoms with van der Waals surface area (Å²) in [7, 11) is 0. The van der Waals surface area contributed by atoms with Crippen molar-refractivity contribution in [2.75, 3.05) is 5.73 Å². The number of hydrogen-bond acceptors (Lipinski definition) is 6. The fraction of sp³-hybridized carbons (Fsp3) is 0.179. The van der Waals surface area contributed by atoms with Gasteiger partial charge in [-0.2, -0.15) is 13.2 Å². The molecular formula is C28H23F3N4O3. The summed E-state index contributed by atoms with van der Waals surface area (Å²) >= 11 is 0. The molecule has 4 aromatic rings. The molecule has 5 rings (SSSR count). The number of aromatic nitrogens is 3. The van der Waals surface area contributed by atoms with Crippen LogP contribution < -0.4 is 5.73 Å². The molecule has 0 bridgehead atoms. The zero-order valence-corrected chi connectivity index (χ0v) is 20.0. The minimum atomic E-state index is -4.55. The summed E-state index contributed by atoms with van der Waals surface area (Å²) in [6.07, 6.45) is -1.30. The van der Waals surface area contributed by atoms with Crippen molar-refractivity contribution >= 4 is 18.0 Å². The van der Waals surface area contributed by atoms with Crippen molar-refractivity contribution in [1.82, 2.24) is 14.5 Å². The van der Waals surface area contributed by atoms with Crippen LogP contribution in [0, 0.1) is 0 Å². The van der Waals surface area contributed by atoms with Crippen molar-refractivity contribution in [2.45, 2.75) is 31.2 Å². The molecule has 2 aromatic carbocycles. The Balaban J connectivity index is 1.76. The third-order valence-electron chi connectivity index (χ3n) is 6.10. The van der Waals surface area contributed by atoms with Gasteiger partial charge in [0.15, 0.2) is 0 Å². The van der Waals surface area contributed by atoms with Crippen LogP contribution >= 0.6 is 0 Å². The van der Waals surface area contributed by atoms with E-state index in [1.807, 2.05) is 30.3 Å². The second kappa shape index (κ2) is 10.1. The lowest BCUT2D eigenvalue weighted by Crippen LogP contribution is -2.31. The predicted molar refractivity (Wildman–Crippen MR) is 136 cm³/mol. The second-order valence-corrected chi connectivity index (χ2v) is 8.88. The van der Waals surface area contributed by atoms with Crippen molar-refractivity contribution in [3.8, 4) is 33.9 Å². The lowest BCUT2D eigenvalue weighted by atomic mass is 10.0. The number of pyridine rings is 1. The SMILES string of the molecule is Nc1cc(-c2nc(-c3ccccc3)n(C=C[C@@H]3C[C@@H](O)CC(=O)O3)c2-c2cccc(C(F)(F)F)c2)ccn1. The molecule has 0 spiro atoms. The summed E-state index contributed by atoms with van der Waals surface area (Å²) in [4.78, 5) is 20.7. The first-order valence-corrected chi connectivity index (χ1v) is 11.8. The van der Waals surface area contributed by atoms with Gasteiger partial charge in [0, 0.05) is 35.5 Å². The van der Waals surface area contributed by atoms with E-state index in [4.69, 9.17) is 15.5 Å². The first-order chi connectivity index (χ1) is 18.2. The van der Waals surface area contributed by atoms with Gasteiger partial charge >= 0.3 is 12.1 Å². The molecule has 0 unspecified atom stereocenters. The van der Waals surface area contributed by atoms with Gasteiger partial charge in [0.05, 0.1) is 29.5 Å². The summed E-state index contributed by atoms with van der Waals surface area (Å²) in [5, 5.41) is 10.0. The van der Waals surface area contributed by atoms with Gasteiger partial charge in [0.2, 0.25) is 0 Å². The number of cyclic esters (lactones) is 1. The topological polar surface area (TPSA) is 103 Å². The van der Waals surface area contributed by atoms with Gasteiger partial charge in [0.1, 0.15) is 17.7 Å². The fourth-order valence-electron chi connectivity index (χ4n) is 4.39. The van der Waals surface area contributed by atoms with Crippen LogP contribution in [0.15, 0.2) is 79.0 Å². The van der Waals surface area contributed by atoms with Crippen molar-refractivity contribution < 1.29 is 27.8 Å². The molecule has 3 heterocycles. The van der Waals surface area contributed by atoms with Crippen LogP contribution in [0.3, 0.4) is 0 Å². The predicted octanol–water partition coefficient (Wildman–Crippen LogP) is 5.42. The van der Waals surface area contributed by atoms with Crippen LogP contribution in [-0.4, -0.2) is 37.8 Å². The average molecular weight is 521 g/mol. The minimum Gasteiger partial charge on any atom is -0.458 e. The molecule has 38 heavy (non-hydrogen) atoms. The minimum absolute atomic E-state index is 0.0895. The highest BCUT2D eigenvalue weighted by molar-refractivity contribution is 5.85. The molecule has 10 heteroatoms. The number of esters is 1. The zero-order valence-electron chi connectivity index (χ0n) is 20.0. The number of imidazole rings is 1. The molecule has 0 amide bonds. The second-order valence-electron chi connectivity index (χ2n) is 8.88. The maximum atomic E-state index is 13.7. The number of ether oxygens (including phenoxy) is 1. The lowest BCUT2D eigenvalue weighted by Gasteiger charge is -2.23. The molecule has 2 aromatic heterocycles. The summed E-state index contributed by atoms with van der Waals surface area (Å²) in [6.45, 7) is 0. The molecule has 194 valence electrons. The third kappa shape index (κ3) is 5.30. The summed E-state index contributed by atoms with van der Waals surface area (Å²) < 4.78 is 48.0. The highest BCUT2D eigenvalue weighted by Gasteiger charge is 2.31. The van der Waals surface area contributed by atoms with Crippen LogP contribution in [0.2, 0.25) is 0 Å². The number of nitrogens with zero attached hydrogens (tertiary/aromatic N) is 3. The number of nitrogens with two attached hydrogens (primary N) is 1. The van der Waals surface area contributed by atoms with Gasteiger partial charge in [-0.05, 0) is 30.3 Å². The monoisotopic (exact) mass is 520 g/mol. The highest BCUT2D eigenvalue weighted by Crippen LogP contribution is 2.39. The van der Waals surface area contributed by atoms with Gasteiger partial charge in [-0.1, -0.05) is 42.5 Å². The molecule has 0 saturated carbocycles. The number of halogens is 3. The molecule has 2 atom stereocenters. The van der Waals surface area contributed by atoms with Crippen LogP contribution in [0.25, 0.3) is 40.1 Å². The van der Waals surface area contributed by atoms with Crippen LogP contribution in [0.1, 0.15) is 18.4 Å². The third-order valence-corrected chi connectivity index (χ3v) is 6.10. The van der Waals surface area contributed by atoms with E-state index in [1.54, 1.807) is 35.0 Å². The zero-order chi connectivity index (χ0) is 26.9. The van der Waals surface area contributed by atoms with Crippen LogP contribution in [0.4, 0.5) is 19.0 Å². The van der Waals surface area contributed by atoms with Crippen molar-refractivity contribution in [3.05, 3.63) is 84.6 Å². The quantitative estimate of drug-likeness (QED) is 0.341. The van der Waals surface area contributed by atoms with E-state index in [1.165, 1.54) is 12.3 Å². The van der Waals surface area contributed by atoms with Crippen LogP contribution in [0.5, 0.6) is 0 Å². The Morgan fingerprint density at radius 1 is 1.03 bits per heavy atom. The number of benzene rings is 2. The van der Waals surface area contributed by atoms with Crippen molar-refractivity contribution in [1.29, 1.82) is 0 Å². The molecule has 7 nitrogen and oxygen atoms in total. The first kappa shape index (κ1) is 25.2. The smallest absolute Gasteiger partial charge is 0.416 e. The van der Waals surface area contributed by atoms with Gasteiger partial charge in [-0.15, -0.1) is 0 Å². The number of rotatable bonds is 5. The Labute approximate surface area is 216 Å². The van der Waals surface area contributed by atoms with E-state index < -0.39 is 29.9 Å². The van der Waals surface area contributed by atoms with E-state index in [2.05, 4.69) is 4.98 Å². The number of carbonyl (C=O) groups is 1. The fourth-order valence-corrected chi connectivity index (χ4v) is 4.39. The molecular weight excluding hydrogens is 497 g/mol. The Morgan fingerprint density at radius 2 is 1.79 bits per heavy atom. The van der Waals surface area contributed by atoms with Crippen molar-refractivity contribution in [3.63, 3.8) is 0 Å². The number of anilines is 1.